The van der Waals surface area contributed by atoms with Gasteiger partial charge in [-0.1, -0.05) is 0 Å². The minimum atomic E-state index is -7.15. The molecule has 0 fully saturated rings. The van der Waals surface area contributed by atoms with E-state index >= 15 is 0 Å². The van der Waals surface area contributed by atoms with Crippen LogP contribution >= 0.6 is 0 Å². The van der Waals surface area contributed by atoms with Crippen LogP contribution < -0.4 is 0 Å². The first-order valence-electron chi connectivity index (χ1n) is 1.66. The zero-order valence-corrected chi connectivity index (χ0v) is 5.89. The quantitative estimate of drug-likeness (QED) is 0.394. The van der Waals surface area contributed by atoms with Crippen LogP contribution in [0.1, 0.15) is 0 Å². The van der Waals surface area contributed by atoms with Crippen molar-refractivity contribution in [3.8, 4) is 0 Å². The van der Waals surface area contributed by atoms with Crippen molar-refractivity contribution in [2.45, 2.75) is 5.82 Å². The molecule has 0 saturated heterocycles. The standard InChI is InChI=1S/CH3.BH3O3.4FH.Fe/c;2-1(3)4;;;;;/h1H3;2-4H;4*1H;/q;;;;;;+4/p-4. The second kappa shape index (κ2) is 3.54. The van der Waals surface area contributed by atoms with Gasteiger partial charge in [0.05, 0.1) is 0 Å². The van der Waals surface area contributed by atoms with Gasteiger partial charge in [-0.05, 0) is 0 Å². The van der Waals surface area contributed by atoms with Crippen LogP contribution in [-0.4, -0.2) is 22.4 Å². The molecule has 0 atom stereocenters. The van der Waals surface area contributed by atoms with E-state index in [9.17, 15) is 14.2 Å². The first-order chi connectivity index (χ1) is 3.97. The molecule has 9 heteroatoms. The van der Waals surface area contributed by atoms with Crippen LogP contribution in [0.3, 0.4) is 0 Å². The fourth-order valence-corrected chi connectivity index (χ4v) is 0. The molecule has 0 aromatic heterocycles. The average molecular weight is 209 g/mol. The summed E-state index contributed by atoms with van der Waals surface area (Å²) in [5.74, 6) is -0.317. The minimum absolute atomic E-state index is 0.317. The van der Waals surface area contributed by atoms with Gasteiger partial charge >= 0.3 is 41.0 Å². The van der Waals surface area contributed by atoms with Gasteiger partial charge in [0, 0.05) is 0 Å². The van der Waals surface area contributed by atoms with Crippen LogP contribution in [0.2, 0.25) is 5.82 Å². The summed E-state index contributed by atoms with van der Waals surface area (Å²) < 4.78 is 42.1. The molecular weight excluding hydrogens is 203 g/mol. The summed E-state index contributed by atoms with van der Waals surface area (Å²) in [5.41, 5.74) is 0. The third kappa shape index (κ3) is 12400. The molecule has 0 aliphatic rings. The summed E-state index contributed by atoms with van der Waals surface area (Å²) >= 11 is -7.15. The zero-order valence-electron chi connectivity index (χ0n) is 4.78. The van der Waals surface area contributed by atoms with E-state index in [1.807, 2.05) is 0 Å². The summed E-state index contributed by atoms with van der Waals surface area (Å²) in [6.07, 6.45) is 0. The molecule has 0 radical (unpaired) electrons. The number of hydrogen-bond acceptors (Lipinski definition) is 3. The fraction of sp³-hybridized carbons (Fsp3) is 1.00. The van der Waals surface area contributed by atoms with E-state index in [0.29, 0.717) is 0 Å². The second-order valence-corrected chi connectivity index (χ2v) is 3.80. The molecule has 3 nitrogen and oxygen atoms in total. The maximum atomic E-state index is 10.5. The Morgan fingerprint density at radius 2 is 1.00 bits per heavy atom. The summed E-state index contributed by atoms with van der Waals surface area (Å²) in [7, 11) is -2.17. The van der Waals surface area contributed by atoms with Gasteiger partial charge in [0.2, 0.25) is 0 Å². The molecule has 0 spiro atoms. The van der Waals surface area contributed by atoms with Crippen LogP contribution in [0.5, 0.6) is 0 Å². The van der Waals surface area contributed by atoms with E-state index < -0.39 is 20.9 Å². The maximum absolute atomic E-state index is 10.5. The predicted molar refractivity (Wildman–Crippen MR) is 22.7 cm³/mol. The van der Waals surface area contributed by atoms with Gasteiger partial charge in [0.1, 0.15) is 0 Å². The Morgan fingerprint density at radius 1 is 1.00 bits per heavy atom. The van der Waals surface area contributed by atoms with E-state index in [4.69, 9.17) is 15.1 Å². The number of hydrogen-bond donors (Lipinski definition) is 3. The molecular formula is CH6BF4FeO3. The molecule has 0 bridgehead atoms. The Labute approximate surface area is 56.9 Å². The van der Waals surface area contributed by atoms with Gasteiger partial charge in [-0.25, -0.2) is 0 Å². The molecule has 10 heavy (non-hydrogen) atoms. The number of rotatable bonds is 0. The zero-order chi connectivity index (χ0) is 9.02. The molecule has 0 aromatic rings. The first-order valence-corrected chi connectivity index (χ1v) is 4.44. The summed E-state index contributed by atoms with van der Waals surface area (Å²) in [5, 5.41) is 21.5. The van der Waals surface area contributed by atoms with Crippen molar-refractivity contribution in [1.82, 2.24) is 0 Å². The van der Waals surface area contributed by atoms with Gasteiger partial charge in [0.15, 0.2) is 0 Å². The Morgan fingerprint density at radius 3 is 1.00 bits per heavy atom. The monoisotopic (exact) mass is 209 g/mol. The third-order valence-electron chi connectivity index (χ3n) is 0. The SMILES string of the molecule is OB(O)O.[CH3][Fe]([F])([F])([F])[F]. The van der Waals surface area contributed by atoms with Crippen LogP contribution in [0.25, 0.3) is 0 Å². The normalized spacial score (nSPS) is 14.2. The van der Waals surface area contributed by atoms with Crippen molar-refractivity contribution in [1.29, 1.82) is 0 Å². The van der Waals surface area contributed by atoms with Gasteiger partial charge < -0.3 is 15.1 Å². The van der Waals surface area contributed by atoms with Gasteiger partial charge in [-0.15, -0.1) is 0 Å². The van der Waals surface area contributed by atoms with Crippen molar-refractivity contribution in [3.63, 3.8) is 0 Å². The summed E-state index contributed by atoms with van der Waals surface area (Å²) in [6, 6.07) is 0. The fourth-order valence-electron chi connectivity index (χ4n) is 0. The molecule has 0 aromatic carbocycles. The first kappa shape index (κ1) is 12.8. The number of halogens is 4. The summed E-state index contributed by atoms with van der Waals surface area (Å²) in [6.45, 7) is 0. The van der Waals surface area contributed by atoms with E-state index in [2.05, 4.69) is 0 Å². The van der Waals surface area contributed by atoms with Gasteiger partial charge in [-0.2, -0.15) is 0 Å². The molecule has 0 aliphatic carbocycles. The third-order valence-corrected chi connectivity index (χ3v) is 0. The predicted octanol–water partition coefficient (Wildman–Crippen LogP) is 0.210. The summed E-state index contributed by atoms with van der Waals surface area (Å²) in [4.78, 5) is 0. The van der Waals surface area contributed by atoms with Crippen LogP contribution in [0.15, 0.2) is 0 Å². The second-order valence-electron chi connectivity index (χ2n) is 1.18. The molecule has 0 aliphatic heterocycles. The van der Waals surface area contributed by atoms with E-state index in [-0.39, 0.29) is 5.82 Å². The van der Waals surface area contributed by atoms with Crippen molar-refractivity contribution < 1.29 is 42.9 Å². The van der Waals surface area contributed by atoms with Crippen molar-refractivity contribution in [2.24, 2.45) is 0 Å². The Balaban J connectivity index is 0. The molecule has 67 valence electrons. The topological polar surface area (TPSA) is 60.7 Å². The van der Waals surface area contributed by atoms with Crippen LogP contribution in [0.4, 0.5) is 14.2 Å². The molecule has 0 amide bonds. The van der Waals surface area contributed by atoms with Crippen molar-refractivity contribution >= 4 is 7.32 Å². The van der Waals surface area contributed by atoms with Gasteiger partial charge in [-0.3, -0.25) is 0 Å². The van der Waals surface area contributed by atoms with Crippen molar-refractivity contribution in [2.75, 3.05) is 0 Å². The molecule has 0 unspecified atom stereocenters. The molecule has 0 saturated carbocycles. The average Bonchev–Trinajstić information content (AvgIpc) is 1.14. The van der Waals surface area contributed by atoms with E-state index in [0.717, 1.165) is 0 Å². The van der Waals surface area contributed by atoms with E-state index in [1.54, 1.807) is 0 Å². The molecule has 3 N–H and O–H groups in total. The molecule has 0 rings (SSSR count). The van der Waals surface area contributed by atoms with Crippen LogP contribution in [0, 0.1) is 0 Å². The Kier molecular flexibility index (Phi) is 4.54. The van der Waals surface area contributed by atoms with E-state index in [1.165, 1.54) is 0 Å². The van der Waals surface area contributed by atoms with Crippen LogP contribution in [-0.2, 0) is 13.6 Å². The van der Waals surface area contributed by atoms with Gasteiger partial charge in [0.25, 0.3) is 0 Å². The Hall–Kier alpha value is 0.184. The van der Waals surface area contributed by atoms with Crippen molar-refractivity contribution in [3.05, 3.63) is 0 Å². The molecule has 0 heterocycles. The Bertz CT molecular complexity index is 78.7.